The lowest BCUT2D eigenvalue weighted by atomic mass is 9.90. The second-order valence-electron chi connectivity index (χ2n) is 11.2. The fraction of sp³-hybridized carbons (Fsp3) is 0.444. The van der Waals surface area contributed by atoms with Gasteiger partial charge in [-0.05, 0) is 26.3 Å². The van der Waals surface area contributed by atoms with Crippen molar-refractivity contribution in [2.45, 2.75) is 65.0 Å². The minimum Gasteiger partial charge on any atom is -0.455 e. The van der Waals surface area contributed by atoms with Gasteiger partial charge in [0.25, 0.3) is 0 Å². The van der Waals surface area contributed by atoms with Gasteiger partial charge in [0, 0.05) is 56.1 Å². The molecule has 0 unspecified atom stereocenters. The van der Waals surface area contributed by atoms with Crippen molar-refractivity contribution in [1.82, 2.24) is 29.3 Å². The predicted molar refractivity (Wildman–Crippen MR) is 145 cm³/mol. The van der Waals surface area contributed by atoms with E-state index in [0.717, 1.165) is 30.1 Å². The van der Waals surface area contributed by atoms with Crippen LogP contribution in [-0.2, 0) is 22.0 Å². The number of rotatable bonds is 6. The highest BCUT2D eigenvalue weighted by molar-refractivity contribution is 5.87. The number of hydrogen-bond acceptors (Lipinski definition) is 8. The van der Waals surface area contributed by atoms with Gasteiger partial charge in [-0.25, -0.2) is 9.97 Å². The molecule has 4 aromatic heterocycles. The van der Waals surface area contributed by atoms with Crippen LogP contribution < -0.4 is 15.4 Å². The van der Waals surface area contributed by atoms with E-state index in [0.29, 0.717) is 28.9 Å². The highest BCUT2D eigenvalue weighted by Crippen LogP contribution is 2.39. The van der Waals surface area contributed by atoms with Gasteiger partial charge in [-0.1, -0.05) is 20.8 Å². The van der Waals surface area contributed by atoms with Crippen molar-refractivity contribution in [2.75, 3.05) is 17.2 Å². The number of aromatic nitrogens is 6. The molecular formula is C27H34N8O3. The van der Waals surface area contributed by atoms with Crippen LogP contribution >= 0.6 is 0 Å². The van der Waals surface area contributed by atoms with Crippen LogP contribution in [0.1, 0.15) is 59.7 Å². The molecule has 38 heavy (non-hydrogen) atoms. The van der Waals surface area contributed by atoms with Crippen LogP contribution in [0.5, 0.6) is 11.5 Å². The Morgan fingerprint density at radius 2 is 1.95 bits per heavy atom. The van der Waals surface area contributed by atoms with Crippen molar-refractivity contribution in [3.05, 3.63) is 42.4 Å². The van der Waals surface area contributed by atoms with Gasteiger partial charge in [-0.15, -0.1) is 0 Å². The highest BCUT2D eigenvalue weighted by Gasteiger charge is 2.40. The Morgan fingerprint density at radius 3 is 2.63 bits per heavy atom. The summed E-state index contributed by atoms with van der Waals surface area (Å²) in [5.41, 5.74) is 2.11. The molecule has 1 fully saturated rings. The lowest BCUT2D eigenvalue weighted by Gasteiger charge is -2.30. The van der Waals surface area contributed by atoms with Crippen molar-refractivity contribution < 1.29 is 14.3 Å². The lowest BCUT2D eigenvalue weighted by molar-refractivity contribution is -0.114. The van der Waals surface area contributed by atoms with Crippen LogP contribution in [0.4, 0.5) is 17.6 Å². The van der Waals surface area contributed by atoms with Crippen LogP contribution in [-0.4, -0.2) is 47.4 Å². The molecule has 11 heteroatoms. The lowest BCUT2D eigenvalue weighted by Crippen LogP contribution is -2.33. The summed E-state index contributed by atoms with van der Waals surface area (Å²) < 4.78 is 16.0. The number of carbonyl (C=O) groups excluding carboxylic acids is 1. The van der Waals surface area contributed by atoms with E-state index in [-0.39, 0.29) is 23.0 Å². The molecule has 0 bridgehead atoms. The maximum absolute atomic E-state index is 11.3. The van der Waals surface area contributed by atoms with Gasteiger partial charge in [0.15, 0.2) is 11.5 Å². The Bertz CT molecular complexity index is 1500. The number of carbonyl (C=O) groups is 1. The zero-order valence-corrected chi connectivity index (χ0v) is 22.9. The van der Waals surface area contributed by atoms with Gasteiger partial charge < -0.3 is 24.7 Å². The molecule has 0 radical (unpaired) electrons. The molecule has 4 aromatic rings. The number of hydrogen-bond donors (Lipinski definition) is 2. The minimum absolute atomic E-state index is 0.0987. The summed E-state index contributed by atoms with van der Waals surface area (Å²) in [5, 5.41) is 11.0. The van der Waals surface area contributed by atoms with Crippen molar-refractivity contribution >= 4 is 34.7 Å². The first-order valence-electron chi connectivity index (χ1n) is 12.7. The summed E-state index contributed by atoms with van der Waals surface area (Å²) in [4.78, 5) is 24.6. The molecule has 0 spiro atoms. The van der Waals surface area contributed by atoms with Crippen LogP contribution in [0.15, 0.2) is 36.7 Å². The number of ether oxygens (including phenoxy) is 2. The third-order valence-electron chi connectivity index (χ3n) is 6.69. The van der Waals surface area contributed by atoms with E-state index in [1.54, 1.807) is 24.5 Å². The topological polar surface area (TPSA) is 121 Å². The smallest absolute Gasteiger partial charge is 0.222 e. The number of nitrogens with one attached hydrogen (secondary N) is 2. The summed E-state index contributed by atoms with van der Waals surface area (Å²) in [6, 6.07) is 7.48. The number of nitrogens with zero attached hydrogens (tertiary/aromatic N) is 6. The van der Waals surface area contributed by atoms with Gasteiger partial charge in [-0.3, -0.25) is 9.48 Å². The number of amides is 1. The van der Waals surface area contributed by atoms with Gasteiger partial charge in [0.05, 0.1) is 23.4 Å². The quantitative estimate of drug-likeness (QED) is 0.362. The van der Waals surface area contributed by atoms with Gasteiger partial charge >= 0.3 is 0 Å². The SMILES string of the molecule is CC(=O)Nc1cc(Oc2cnc3nc(Nc4cc(C(C)(C)C)n([C@@H]5CCOC5(C)C)n4)n(C)c3c2)ccn1. The second kappa shape index (κ2) is 9.39. The van der Waals surface area contributed by atoms with Crippen molar-refractivity contribution in [2.24, 2.45) is 7.05 Å². The number of imidazole rings is 1. The molecule has 11 nitrogen and oxygen atoms in total. The van der Waals surface area contributed by atoms with Gasteiger partial charge in [-0.2, -0.15) is 10.1 Å². The van der Waals surface area contributed by atoms with Gasteiger partial charge in [0.2, 0.25) is 11.9 Å². The molecule has 1 atom stereocenters. The summed E-state index contributed by atoms with van der Waals surface area (Å²) in [7, 11) is 1.92. The minimum atomic E-state index is -0.292. The Balaban J connectivity index is 1.42. The molecule has 5 rings (SSSR count). The molecule has 0 saturated carbocycles. The van der Waals surface area contributed by atoms with E-state index in [1.165, 1.54) is 6.92 Å². The third kappa shape index (κ3) is 5.06. The monoisotopic (exact) mass is 518 g/mol. The molecule has 200 valence electrons. The number of pyridine rings is 2. The Labute approximate surface area is 221 Å². The summed E-state index contributed by atoms with van der Waals surface area (Å²) in [6.45, 7) is 13.0. The van der Waals surface area contributed by atoms with Crippen molar-refractivity contribution in [3.8, 4) is 11.5 Å². The summed E-state index contributed by atoms with van der Waals surface area (Å²) >= 11 is 0. The van der Waals surface area contributed by atoms with E-state index in [4.69, 9.17) is 14.6 Å². The normalized spacial score (nSPS) is 17.1. The maximum atomic E-state index is 11.3. The average Bonchev–Trinajstić information content (AvgIpc) is 3.49. The first kappa shape index (κ1) is 25.7. The van der Waals surface area contributed by atoms with Gasteiger partial charge in [0.1, 0.15) is 17.3 Å². The van der Waals surface area contributed by atoms with E-state index >= 15 is 0 Å². The first-order valence-corrected chi connectivity index (χ1v) is 12.7. The molecule has 5 heterocycles. The van der Waals surface area contributed by atoms with Crippen LogP contribution in [0, 0.1) is 0 Å². The predicted octanol–water partition coefficient (Wildman–Crippen LogP) is 5.09. The average molecular weight is 519 g/mol. The highest BCUT2D eigenvalue weighted by atomic mass is 16.5. The second-order valence-corrected chi connectivity index (χ2v) is 11.2. The number of fused-ring (bicyclic) bond motifs is 1. The van der Waals surface area contributed by atoms with E-state index < -0.39 is 0 Å². The molecule has 1 amide bonds. The molecule has 1 aliphatic rings. The molecule has 0 aliphatic carbocycles. The fourth-order valence-corrected chi connectivity index (χ4v) is 4.74. The fourth-order valence-electron chi connectivity index (χ4n) is 4.74. The van der Waals surface area contributed by atoms with E-state index in [9.17, 15) is 4.79 Å². The Hall–Kier alpha value is -3.99. The van der Waals surface area contributed by atoms with E-state index in [1.807, 2.05) is 17.7 Å². The Morgan fingerprint density at radius 1 is 1.16 bits per heavy atom. The van der Waals surface area contributed by atoms with Crippen LogP contribution in [0.2, 0.25) is 0 Å². The standard InChI is InChI=1S/C27H34N8O3/c1-16(36)30-22-13-17(8-10-28-22)38-18-12-19-24(29-15-18)32-25(34(19)7)31-23-14-21(26(2,3)4)35(33-23)20-9-11-37-27(20,5)6/h8,10,12-15,20H,9,11H2,1-7H3,(H,28,30,36)(H,29,31,32,33)/t20-/m1/s1. The van der Waals surface area contributed by atoms with Crippen molar-refractivity contribution in [1.29, 1.82) is 0 Å². The molecule has 0 aromatic carbocycles. The first-order chi connectivity index (χ1) is 17.9. The number of aryl methyl sites for hydroxylation is 1. The molecule has 1 aliphatic heterocycles. The van der Waals surface area contributed by atoms with Crippen LogP contribution in [0.25, 0.3) is 11.2 Å². The third-order valence-corrected chi connectivity index (χ3v) is 6.69. The summed E-state index contributed by atoms with van der Waals surface area (Å²) in [5.74, 6) is 2.62. The zero-order chi connectivity index (χ0) is 27.2. The van der Waals surface area contributed by atoms with Crippen molar-refractivity contribution in [3.63, 3.8) is 0 Å². The summed E-state index contributed by atoms with van der Waals surface area (Å²) in [6.07, 6.45) is 4.11. The molecular weight excluding hydrogens is 484 g/mol. The number of anilines is 3. The maximum Gasteiger partial charge on any atom is 0.222 e. The zero-order valence-electron chi connectivity index (χ0n) is 22.9. The largest absolute Gasteiger partial charge is 0.455 e. The molecule has 2 N–H and O–H groups in total. The Kier molecular flexibility index (Phi) is 6.34. The van der Waals surface area contributed by atoms with E-state index in [2.05, 4.69) is 71.0 Å². The molecule has 1 saturated heterocycles. The van der Waals surface area contributed by atoms with Crippen LogP contribution in [0.3, 0.4) is 0 Å².